The summed E-state index contributed by atoms with van der Waals surface area (Å²) in [5, 5.41) is 1.08. The number of benzene rings is 1. The summed E-state index contributed by atoms with van der Waals surface area (Å²) in [7, 11) is 1.86. The number of aryl methyl sites for hydroxylation is 2. The van der Waals surface area contributed by atoms with E-state index in [-0.39, 0.29) is 6.85 Å². The molecule has 0 saturated carbocycles. The van der Waals surface area contributed by atoms with Gasteiger partial charge in [0.2, 0.25) is 0 Å². The Labute approximate surface area is 134 Å². The molecule has 1 aliphatic heterocycles. The Hall–Kier alpha value is -2.49. The summed E-state index contributed by atoms with van der Waals surface area (Å²) < 4.78 is 30.7. The van der Waals surface area contributed by atoms with Crippen LogP contribution in [0.25, 0.3) is 17.0 Å². The van der Waals surface area contributed by atoms with Gasteiger partial charge >= 0.3 is 6.85 Å². The van der Waals surface area contributed by atoms with Gasteiger partial charge in [0.15, 0.2) is 0 Å². The predicted molar refractivity (Wildman–Crippen MR) is 91.4 cm³/mol. The first-order chi connectivity index (χ1) is 11.9. The molecule has 3 nitrogen and oxygen atoms in total. The molecule has 0 atom stereocenters. The summed E-state index contributed by atoms with van der Waals surface area (Å²) in [5.74, 6) is 3.79. The third-order valence-corrected chi connectivity index (χ3v) is 4.13. The third kappa shape index (κ3) is 1.87. The van der Waals surface area contributed by atoms with Gasteiger partial charge in [0.05, 0.1) is 18.8 Å². The molecule has 4 rings (SSSR count). The zero-order valence-corrected chi connectivity index (χ0v) is 12.6. The predicted octanol–water partition coefficient (Wildman–Crippen LogP) is 3.89. The van der Waals surface area contributed by atoms with Crippen LogP contribution in [0, 0.1) is 6.85 Å². The molecule has 0 bridgehead atoms. The molecule has 1 aliphatic rings. The van der Waals surface area contributed by atoms with Gasteiger partial charge < -0.3 is 4.42 Å². The Bertz CT molecular complexity index is 994. The molecule has 4 heteroatoms. The zero-order valence-electron chi connectivity index (χ0n) is 15.6. The number of anilines is 2. The van der Waals surface area contributed by atoms with Crippen LogP contribution in [0.15, 0.2) is 53.0 Å². The molecule has 0 aliphatic carbocycles. The first-order valence-corrected chi connectivity index (χ1v) is 7.35. The normalized spacial score (nSPS) is 16.4. The maximum Gasteiger partial charge on any atom is 0.405 e. The molecule has 0 radical (unpaired) electrons. The third-order valence-electron chi connectivity index (χ3n) is 4.13. The topological polar surface area (TPSA) is 20.3 Å². The van der Waals surface area contributed by atoms with E-state index in [1.165, 1.54) is 0 Å². The number of rotatable bonds is 1. The summed E-state index contributed by atoms with van der Waals surface area (Å²) in [4.78, 5) is 2.10. The minimum atomic E-state index is -2.12. The summed E-state index contributed by atoms with van der Waals surface area (Å²) in [6.07, 6.45) is 3.76. The number of para-hydroxylation sites is 1. The second-order valence-electron chi connectivity index (χ2n) is 5.67. The van der Waals surface area contributed by atoms with Gasteiger partial charge in [-0.2, -0.15) is 0 Å². The quantitative estimate of drug-likeness (QED) is 0.501. The molecule has 0 saturated heterocycles. The highest BCUT2D eigenvalue weighted by atomic mass is 16.4. The largest absolute Gasteiger partial charge is 0.423 e. The highest BCUT2D eigenvalue weighted by Crippen LogP contribution is 2.39. The van der Waals surface area contributed by atoms with Crippen molar-refractivity contribution in [1.29, 1.82) is 0 Å². The summed E-state index contributed by atoms with van der Waals surface area (Å²) >= 11 is 0. The fourth-order valence-electron chi connectivity index (χ4n) is 3.06. The van der Waals surface area contributed by atoms with Crippen molar-refractivity contribution in [3.8, 4) is 0 Å². The molecule has 3 aromatic rings. The molecular formula is C18H18BN2O+. The SMILES string of the molecule is [2H]C([2H])([2H])c1ccc(N2B(C)C=Cc3c2oc2ccccc32)[n+](C)c1. The van der Waals surface area contributed by atoms with Crippen molar-refractivity contribution >= 4 is 35.6 Å². The van der Waals surface area contributed by atoms with E-state index >= 15 is 0 Å². The summed E-state index contributed by atoms with van der Waals surface area (Å²) in [5.41, 5.74) is 2.22. The van der Waals surface area contributed by atoms with Crippen LogP contribution in [0.2, 0.25) is 6.82 Å². The lowest BCUT2D eigenvalue weighted by molar-refractivity contribution is -0.658. The van der Waals surface area contributed by atoms with E-state index in [1.54, 1.807) is 12.3 Å². The van der Waals surface area contributed by atoms with Gasteiger partial charge in [0.1, 0.15) is 5.58 Å². The Balaban J connectivity index is 1.88. The van der Waals surface area contributed by atoms with Crippen molar-refractivity contribution < 1.29 is 13.1 Å². The average molecular weight is 292 g/mol. The minimum absolute atomic E-state index is 0.0953. The lowest BCUT2D eigenvalue weighted by Crippen LogP contribution is -2.43. The molecule has 0 N–H and O–H groups in total. The molecule has 22 heavy (non-hydrogen) atoms. The van der Waals surface area contributed by atoms with Crippen LogP contribution < -0.4 is 9.38 Å². The smallest absolute Gasteiger partial charge is 0.405 e. The van der Waals surface area contributed by atoms with E-state index in [2.05, 4.69) is 23.7 Å². The number of aromatic nitrogens is 1. The monoisotopic (exact) mass is 292 g/mol. The molecule has 0 amide bonds. The molecule has 1 aromatic carbocycles. The number of hydrogen-bond donors (Lipinski definition) is 0. The molecule has 2 aromatic heterocycles. The van der Waals surface area contributed by atoms with Crippen LogP contribution in [0.1, 0.15) is 15.2 Å². The van der Waals surface area contributed by atoms with E-state index < -0.39 is 6.85 Å². The van der Waals surface area contributed by atoms with Gasteiger partial charge in [0, 0.05) is 15.6 Å². The fourth-order valence-corrected chi connectivity index (χ4v) is 3.06. The van der Waals surface area contributed by atoms with Crippen LogP contribution in [0.5, 0.6) is 0 Å². The zero-order chi connectivity index (χ0) is 17.8. The molecule has 0 unspecified atom stereocenters. The van der Waals surface area contributed by atoms with Gasteiger partial charge in [-0.25, -0.2) is 4.57 Å². The summed E-state index contributed by atoms with van der Waals surface area (Å²) in [6, 6.07) is 11.5. The van der Waals surface area contributed by atoms with Gasteiger partial charge in [-0.1, -0.05) is 30.3 Å². The van der Waals surface area contributed by atoms with Gasteiger partial charge in [-0.15, -0.1) is 0 Å². The Morgan fingerprint density at radius 2 is 2.09 bits per heavy atom. The van der Waals surface area contributed by atoms with Crippen molar-refractivity contribution in [2.45, 2.75) is 13.7 Å². The van der Waals surface area contributed by atoms with Gasteiger partial charge in [-0.3, -0.25) is 4.81 Å². The molecule has 108 valence electrons. The van der Waals surface area contributed by atoms with Crippen LogP contribution in [-0.2, 0) is 7.05 Å². The summed E-state index contributed by atoms with van der Waals surface area (Å²) in [6.45, 7) is 0.0660. The second-order valence-corrected chi connectivity index (χ2v) is 5.67. The van der Waals surface area contributed by atoms with E-state index in [1.807, 2.05) is 41.9 Å². The highest BCUT2D eigenvalue weighted by Gasteiger charge is 2.37. The Morgan fingerprint density at radius 1 is 1.23 bits per heavy atom. The first kappa shape index (κ1) is 10.3. The fraction of sp³-hybridized carbons (Fsp3) is 0.167. The van der Waals surface area contributed by atoms with E-state index in [0.717, 1.165) is 28.2 Å². The average Bonchev–Trinajstić information content (AvgIpc) is 2.93. The Kier molecular flexibility index (Phi) is 2.23. The van der Waals surface area contributed by atoms with Crippen LogP contribution >= 0.6 is 0 Å². The second kappa shape index (κ2) is 4.77. The molecule has 0 spiro atoms. The number of pyridine rings is 1. The van der Waals surface area contributed by atoms with Crippen LogP contribution in [0.3, 0.4) is 0 Å². The highest BCUT2D eigenvalue weighted by molar-refractivity contribution is 6.69. The van der Waals surface area contributed by atoms with Gasteiger partial charge in [0.25, 0.3) is 11.7 Å². The van der Waals surface area contributed by atoms with Crippen molar-refractivity contribution in [2.75, 3.05) is 4.81 Å². The number of nitrogens with zero attached hydrogens (tertiary/aromatic N) is 2. The minimum Gasteiger partial charge on any atom is -0.423 e. The van der Waals surface area contributed by atoms with Crippen molar-refractivity contribution in [3.05, 3.63) is 59.7 Å². The van der Waals surface area contributed by atoms with Crippen LogP contribution in [0.4, 0.5) is 11.7 Å². The lowest BCUT2D eigenvalue weighted by atomic mass is 9.61. The van der Waals surface area contributed by atoms with Gasteiger partial charge in [-0.05, 0) is 31.4 Å². The lowest BCUT2D eigenvalue weighted by Gasteiger charge is -2.22. The number of furan rings is 1. The number of hydrogen-bond acceptors (Lipinski definition) is 2. The maximum atomic E-state index is 7.59. The van der Waals surface area contributed by atoms with E-state index in [0.29, 0.717) is 5.56 Å². The molecule has 3 heterocycles. The molecule has 0 fully saturated rings. The Morgan fingerprint density at radius 3 is 2.91 bits per heavy atom. The van der Waals surface area contributed by atoms with E-state index in [9.17, 15) is 0 Å². The van der Waals surface area contributed by atoms with E-state index in [4.69, 9.17) is 8.53 Å². The van der Waals surface area contributed by atoms with Crippen molar-refractivity contribution in [3.63, 3.8) is 0 Å². The molecular weight excluding hydrogens is 271 g/mol. The van der Waals surface area contributed by atoms with Crippen LogP contribution in [-0.4, -0.2) is 6.85 Å². The maximum absolute atomic E-state index is 7.59. The number of fused-ring (bicyclic) bond motifs is 3. The standard InChI is InChI=1S/C18H18BN2O/c1-13-8-9-17(20(3)12-13)21-18-15(10-11-19(21)2)14-6-4-5-7-16(14)22-18/h4-12H,1-3H3/q+1/i1D3. The van der Waals surface area contributed by atoms with Crippen molar-refractivity contribution in [2.24, 2.45) is 7.05 Å². The van der Waals surface area contributed by atoms with Crippen molar-refractivity contribution in [1.82, 2.24) is 0 Å². The first-order valence-electron chi connectivity index (χ1n) is 8.85.